The lowest BCUT2D eigenvalue weighted by Gasteiger charge is -2.33. The Balaban J connectivity index is 2.04. The van der Waals surface area contributed by atoms with Crippen molar-refractivity contribution in [3.63, 3.8) is 0 Å². The molecular formula is C11H13F3N4O2S. The number of rotatable bonds is 3. The number of anilines is 1. The third-order valence-electron chi connectivity index (χ3n) is 3.06. The summed E-state index contributed by atoms with van der Waals surface area (Å²) < 4.78 is 61.6. The minimum Gasteiger partial charge on any atom is -0.338 e. The zero-order valence-corrected chi connectivity index (χ0v) is 11.7. The van der Waals surface area contributed by atoms with Crippen LogP contribution < -0.4 is 4.90 Å². The molecule has 6 nitrogen and oxygen atoms in total. The maximum atomic E-state index is 12.4. The first kappa shape index (κ1) is 15.7. The van der Waals surface area contributed by atoms with E-state index in [4.69, 9.17) is 0 Å². The molecule has 0 saturated carbocycles. The molecule has 0 spiro atoms. The van der Waals surface area contributed by atoms with Crippen molar-refractivity contribution in [1.29, 1.82) is 0 Å². The third kappa shape index (κ3) is 3.50. The SMILES string of the molecule is C=CS(=O)(=O)N1CCN(c2ncc(C(F)(F)F)cn2)CC1. The Morgan fingerprint density at radius 2 is 1.67 bits per heavy atom. The Labute approximate surface area is 120 Å². The molecule has 0 aliphatic carbocycles. The van der Waals surface area contributed by atoms with E-state index in [9.17, 15) is 21.6 Å². The van der Waals surface area contributed by atoms with Crippen molar-refractivity contribution in [1.82, 2.24) is 14.3 Å². The van der Waals surface area contributed by atoms with Crippen molar-refractivity contribution in [3.8, 4) is 0 Å². The second-order valence-corrected chi connectivity index (χ2v) is 6.25. The Bertz CT molecular complexity index is 607. The second kappa shape index (κ2) is 5.60. The number of halogens is 3. The van der Waals surface area contributed by atoms with Crippen LogP contribution >= 0.6 is 0 Å². The maximum absolute atomic E-state index is 12.4. The lowest BCUT2D eigenvalue weighted by Crippen LogP contribution is -2.48. The molecule has 2 rings (SSSR count). The zero-order valence-electron chi connectivity index (χ0n) is 10.9. The molecular weight excluding hydrogens is 309 g/mol. The van der Waals surface area contributed by atoms with E-state index in [0.29, 0.717) is 13.1 Å². The first-order valence-corrected chi connectivity index (χ1v) is 7.51. The molecule has 10 heteroatoms. The highest BCUT2D eigenvalue weighted by Gasteiger charge is 2.32. The summed E-state index contributed by atoms with van der Waals surface area (Å²) in [6.07, 6.45) is -3.04. The summed E-state index contributed by atoms with van der Waals surface area (Å²) in [5, 5.41) is 0.872. The van der Waals surface area contributed by atoms with Gasteiger partial charge in [0.2, 0.25) is 16.0 Å². The van der Waals surface area contributed by atoms with Crippen molar-refractivity contribution in [2.45, 2.75) is 6.18 Å². The molecule has 116 valence electrons. The number of sulfonamides is 1. The first-order valence-electron chi connectivity index (χ1n) is 6.01. The topological polar surface area (TPSA) is 66.4 Å². The smallest absolute Gasteiger partial charge is 0.338 e. The van der Waals surface area contributed by atoms with Gasteiger partial charge in [0.25, 0.3) is 0 Å². The van der Waals surface area contributed by atoms with Crippen LogP contribution in [-0.4, -0.2) is 48.9 Å². The van der Waals surface area contributed by atoms with Crippen LogP contribution in [0, 0.1) is 0 Å². The van der Waals surface area contributed by atoms with Crippen molar-refractivity contribution in [2.75, 3.05) is 31.1 Å². The van der Waals surface area contributed by atoms with Crippen LogP contribution in [0.15, 0.2) is 24.4 Å². The number of nitrogens with zero attached hydrogens (tertiary/aromatic N) is 4. The molecule has 0 atom stereocenters. The molecule has 2 heterocycles. The van der Waals surface area contributed by atoms with Gasteiger partial charge in [0.15, 0.2) is 0 Å². The quantitative estimate of drug-likeness (QED) is 0.833. The van der Waals surface area contributed by atoms with Gasteiger partial charge in [-0.15, -0.1) is 0 Å². The maximum Gasteiger partial charge on any atom is 0.419 e. The summed E-state index contributed by atoms with van der Waals surface area (Å²) in [5.74, 6) is 0.152. The molecule has 1 aromatic rings. The van der Waals surface area contributed by atoms with E-state index in [0.717, 1.165) is 17.8 Å². The molecule has 1 aromatic heterocycles. The van der Waals surface area contributed by atoms with Gasteiger partial charge in [0, 0.05) is 44.0 Å². The van der Waals surface area contributed by atoms with Gasteiger partial charge in [0.1, 0.15) is 0 Å². The van der Waals surface area contributed by atoms with Crippen molar-refractivity contribution in [3.05, 3.63) is 29.9 Å². The largest absolute Gasteiger partial charge is 0.419 e. The van der Waals surface area contributed by atoms with Crippen LogP contribution in [0.5, 0.6) is 0 Å². The van der Waals surface area contributed by atoms with E-state index in [1.54, 1.807) is 4.90 Å². The van der Waals surface area contributed by atoms with Crippen LogP contribution in [-0.2, 0) is 16.2 Å². The van der Waals surface area contributed by atoms with Crippen molar-refractivity contribution in [2.24, 2.45) is 0 Å². The van der Waals surface area contributed by atoms with Gasteiger partial charge in [-0.25, -0.2) is 18.4 Å². The van der Waals surface area contributed by atoms with E-state index in [-0.39, 0.29) is 19.0 Å². The number of piperazine rings is 1. The molecule has 1 saturated heterocycles. The van der Waals surface area contributed by atoms with Gasteiger partial charge in [-0.1, -0.05) is 6.58 Å². The standard InChI is InChI=1S/C11H13F3N4O2S/c1-2-21(19,20)18-5-3-17(4-6-18)10-15-7-9(8-16-10)11(12,13)14/h2,7-8H,1,3-6H2. The normalized spacial score (nSPS) is 17.8. The Kier molecular flexibility index (Phi) is 4.19. The van der Waals surface area contributed by atoms with Gasteiger partial charge in [-0.2, -0.15) is 17.5 Å². The van der Waals surface area contributed by atoms with Gasteiger partial charge < -0.3 is 4.90 Å². The highest BCUT2D eigenvalue weighted by molar-refractivity contribution is 7.92. The molecule has 0 N–H and O–H groups in total. The Morgan fingerprint density at radius 3 is 2.10 bits per heavy atom. The van der Waals surface area contributed by atoms with Gasteiger partial charge in [-0.05, 0) is 0 Å². The van der Waals surface area contributed by atoms with Crippen LogP contribution in [0.1, 0.15) is 5.56 Å². The van der Waals surface area contributed by atoms with Gasteiger partial charge in [0.05, 0.1) is 5.56 Å². The summed E-state index contributed by atoms with van der Waals surface area (Å²) in [5.41, 5.74) is -0.917. The minimum absolute atomic E-state index is 0.152. The van der Waals surface area contributed by atoms with E-state index in [1.807, 2.05) is 0 Å². The lowest BCUT2D eigenvalue weighted by atomic mass is 10.3. The minimum atomic E-state index is -4.48. The summed E-state index contributed by atoms with van der Waals surface area (Å²) >= 11 is 0. The predicted molar refractivity (Wildman–Crippen MR) is 69.9 cm³/mol. The summed E-state index contributed by atoms with van der Waals surface area (Å²) in [6, 6.07) is 0. The van der Waals surface area contributed by atoms with Crippen molar-refractivity contribution >= 4 is 16.0 Å². The number of aromatic nitrogens is 2. The van der Waals surface area contributed by atoms with E-state index in [2.05, 4.69) is 16.5 Å². The average Bonchev–Trinajstić information content (AvgIpc) is 2.47. The molecule has 0 amide bonds. The zero-order chi connectivity index (χ0) is 15.7. The molecule has 1 fully saturated rings. The van der Waals surface area contributed by atoms with Gasteiger partial charge in [-0.3, -0.25) is 0 Å². The summed E-state index contributed by atoms with van der Waals surface area (Å²) in [6.45, 7) is 4.27. The van der Waals surface area contributed by atoms with Gasteiger partial charge >= 0.3 is 6.18 Å². The molecule has 21 heavy (non-hydrogen) atoms. The average molecular weight is 322 g/mol. The van der Waals surface area contributed by atoms with E-state index >= 15 is 0 Å². The predicted octanol–water partition coefficient (Wildman–Crippen LogP) is 1.09. The Morgan fingerprint density at radius 1 is 1.14 bits per heavy atom. The number of hydrogen-bond donors (Lipinski definition) is 0. The fraction of sp³-hybridized carbons (Fsp3) is 0.455. The molecule has 0 radical (unpaired) electrons. The second-order valence-electron chi connectivity index (χ2n) is 4.37. The molecule has 1 aliphatic rings. The van der Waals surface area contributed by atoms with E-state index in [1.165, 1.54) is 4.31 Å². The fourth-order valence-electron chi connectivity index (χ4n) is 1.88. The highest BCUT2D eigenvalue weighted by atomic mass is 32.2. The molecule has 0 unspecified atom stereocenters. The van der Waals surface area contributed by atoms with Crippen molar-refractivity contribution < 1.29 is 21.6 Å². The molecule has 0 bridgehead atoms. The number of alkyl halides is 3. The van der Waals surface area contributed by atoms with Crippen LogP contribution in [0.2, 0.25) is 0 Å². The molecule has 0 aromatic carbocycles. The van der Waals surface area contributed by atoms with Crippen LogP contribution in [0.3, 0.4) is 0 Å². The monoisotopic (exact) mass is 322 g/mol. The van der Waals surface area contributed by atoms with E-state index < -0.39 is 21.8 Å². The number of hydrogen-bond acceptors (Lipinski definition) is 5. The first-order chi connectivity index (χ1) is 9.74. The third-order valence-corrected chi connectivity index (χ3v) is 4.56. The fourth-order valence-corrected chi connectivity index (χ4v) is 2.76. The van der Waals surface area contributed by atoms with Crippen LogP contribution in [0.4, 0.5) is 19.1 Å². The Hall–Kier alpha value is -1.68. The lowest BCUT2D eigenvalue weighted by molar-refractivity contribution is -0.138. The van der Waals surface area contributed by atoms with Crippen LogP contribution in [0.25, 0.3) is 0 Å². The molecule has 1 aliphatic heterocycles. The summed E-state index contributed by atoms with van der Waals surface area (Å²) in [7, 11) is -3.47. The summed E-state index contributed by atoms with van der Waals surface area (Å²) in [4.78, 5) is 9.00. The highest BCUT2D eigenvalue weighted by Crippen LogP contribution is 2.28.